The molecule has 21 heavy (non-hydrogen) atoms. The van der Waals surface area contributed by atoms with Crippen molar-refractivity contribution in [1.82, 2.24) is 10.2 Å². The monoisotopic (exact) mass is 292 g/mol. The van der Waals surface area contributed by atoms with Crippen LogP contribution in [-0.4, -0.2) is 30.6 Å². The predicted octanol–water partition coefficient (Wildman–Crippen LogP) is 3.96. The van der Waals surface area contributed by atoms with E-state index in [2.05, 4.69) is 24.2 Å². The summed E-state index contributed by atoms with van der Waals surface area (Å²) in [6.45, 7) is 4.22. The minimum atomic E-state index is -0.154. The highest BCUT2D eigenvalue weighted by molar-refractivity contribution is 5.16. The number of likely N-dealkylation sites (N-methyl/N-ethyl adjacent to an activating group) is 1. The molecule has 1 aromatic carbocycles. The molecule has 3 heteroatoms. The van der Waals surface area contributed by atoms with Gasteiger partial charge in [-0.2, -0.15) is 0 Å². The van der Waals surface area contributed by atoms with Gasteiger partial charge in [-0.1, -0.05) is 38.3 Å². The van der Waals surface area contributed by atoms with Crippen LogP contribution < -0.4 is 5.32 Å². The standard InChI is InChI=1S/C18H29FN2/c1-3-13-20-17-7-5-4-6-8-18(17)21(2)14-15-9-11-16(19)12-10-15/h9-12,17-18,20H,3-8,13-14H2,1-2H3. The maximum Gasteiger partial charge on any atom is 0.123 e. The van der Waals surface area contributed by atoms with E-state index in [0.717, 1.165) is 13.1 Å². The average Bonchev–Trinajstić information content (AvgIpc) is 2.73. The van der Waals surface area contributed by atoms with E-state index < -0.39 is 0 Å². The van der Waals surface area contributed by atoms with Crippen molar-refractivity contribution in [3.05, 3.63) is 35.6 Å². The van der Waals surface area contributed by atoms with E-state index in [1.807, 2.05) is 12.1 Å². The fourth-order valence-corrected chi connectivity index (χ4v) is 3.38. The van der Waals surface area contributed by atoms with Crippen molar-refractivity contribution in [2.75, 3.05) is 13.6 Å². The summed E-state index contributed by atoms with van der Waals surface area (Å²) < 4.78 is 13.0. The zero-order valence-electron chi connectivity index (χ0n) is 13.4. The first-order valence-corrected chi connectivity index (χ1v) is 8.38. The molecule has 2 rings (SSSR count). The number of hydrogen-bond acceptors (Lipinski definition) is 2. The van der Waals surface area contributed by atoms with Crippen LogP contribution in [0.1, 0.15) is 51.0 Å². The molecule has 1 aliphatic carbocycles. The van der Waals surface area contributed by atoms with Crippen molar-refractivity contribution in [1.29, 1.82) is 0 Å². The second-order valence-electron chi connectivity index (χ2n) is 6.31. The van der Waals surface area contributed by atoms with Crippen LogP contribution in [0.25, 0.3) is 0 Å². The molecule has 0 radical (unpaired) electrons. The molecule has 118 valence electrons. The summed E-state index contributed by atoms with van der Waals surface area (Å²) in [7, 11) is 2.21. The number of nitrogens with one attached hydrogen (secondary N) is 1. The Morgan fingerprint density at radius 3 is 2.57 bits per heavy atom. The lowest BCUT2D eigenvalue weighted by molar-refractivity contribution is 0.174. The van der Waals surface area contributed by atoms with Crippen molar-refractivity contribution >= 4 is 0 Å². The Bertz CT molecular complexity index is 404. The highest BCUT2D eigenvalue weighted by Gasteiger charge is 2.26. The van der Waals surface area contributed by atoms with Crippen molar-refractivity contribution in [3.8, 4) is 0 Å². The summed E-state index contributed by atoms with van der Waals surface area (Å²) >= 11 is 0. The van der Waals surface area contributed by atoms with Crippen LogP contribution in [-0.2, 0) is 6.54 Å². The molecule has 2 atom stereocenters. The third-order valence-electron chi connectivity index (χ3n) is 4.55. The Morgan fingerprint density at radius 2 is 1.86 bits per heavy atom. The van der Waals surface area contributed by atoms with Gasteiger partial charge in [0.05, 0.1) is 0 Å². The van der Waals surface area contributed by atoms with Crippen molar-refractivity contribution in [2.24, 2.45) is 0 Å². The van der Waals surface area contributed by atoms with Crippen LogP contribution in [0.4, 0.5) is 4.39 Å². The van der Waals surface area contributed by atoms with Crippen molar-refractivity contribution in [2.45, 2.75) is 64.1 Å². The molecule has 0 bridgehead atoms. The van der Waals surface area contributed by atoms with E-state index in [1.54, 1.807) is 12.1 Å². The molecule has 0 heterocycles. The van der Waals surface area contributed by atoms with Gasteiger partial charge in [0.1, 0.15) is 5.82 Å². The smallest absolute Gasteiger partial charge is 0.123 e. The molecule has 1 aromatic rings. The van der Waals surface area contributed by atoms with Gasteiger partial charge in [0, 0.05) is 18.6 Å². The van der Waals surface area contributed by atoms with E-state index in [-0.39, 0.29) is 5.82 Å². The van der Waals surface area contributed by atoms with Crippen molar-refractivity contribution in [3.63, 3.8) is 0 Å². The predicted molar refractivity (Wildman–Crippen MR) is 86.8 cm³/mol. The van der Waals surface area contributed by atoms with Crippen LogP contribution in [0, 0.1) is 5.82 Å². The average molecular weight is 292 g/mol. The van der Waals surface area contributed by atoms with Crippen LogP contribution in [0.15, 0.2) is 24.3 Å². The van der Waals surface area contributed by atoms with E-state index in [9.17, 15) is 4.39 Å². The fourth-order valence-electron chi connectivity index (χ4n) is 3.38. The van der Waals surface area contributed by atoms with Gasteiger partial charge in [0.25, 0.3) is 0 Å². The first-order chi connectivity index (χ1) is 10.2. The number of benzene rings is 1. The van der Waals surface area contributed by atoms with E-state index in [0.29, 0.717) is 12.1 Å². The second kappa shape index (κ2) is 8.50. The maximum absolute atomic E-state index is 13.0. The molecule has 2 nitrogen and oxygen atoms in total. The number of halogens is 1. The zero-order chi connectivity index (χ0) is 15.1. The Balaban J connectivity index is 1.98. The maximum atomic E-state index is 13.0. The Hall–Kier alpha value is -0.930. The molecule has 0 amide bonds. The van der Waals surface area contributed by atoms with E-state index in [1.165, 1.54) is 44.1 Å². The molecule has 1 fully saturated rings. The highest BCUT2D eigenvalue weighted by atomic mass is 19.1. The number of rotatable bonds is 6. The summed E-state index contributed by atoms with van der Waals surface area (Å²) in [6.07, 6.45) is 7.73. The third-order valence-corrected chi connectivity index (χ3v) is 4.55. The molecule has 0 aliphatic heterocycles. The summed E-state index contributed by atoms with van der Waals surface area (Å²) in [4.78, 5) is 2.45. The molecular weight excluding hydrogens is 263 g/mol. The zero-order valence-corrected chi connectivity index (χ0v) is 13.4. The van der Waals surface area contributed by atoms with Crippen LogP contribution in [0.3, 0.4) is 0 Å². The van der Waals surface area contributed by atoms with Gasteiger partial charge >= 0.3 is 0 Å². The number of hydrogen-bond donors (Lipinski definition) is 1. The molecule has 0 spiro atoms. The Kier molecular flexibility index (Phi) is 6.65. The third kappa shape index (κ3) is 5.08. The lowest BCUT2D eigenvalue weighted by Gasteiger charge is -2.34. The Morgan fingerprint density at radius 1 is 1.14 bits per heavy atom. The summed E-state index contributed by atoms with van der Waals surface area (Å²) in [6, 6.07) is 8.10. The van der Waals surface area contributed by atoms with Gasteiger partial charge < -0.3 is 5.32 Å². The molecule has 1 saturated carbocycles. The molecule has 2 unspecified atom stereocenters. The summed E-state index contributed by atoms with van der Waals surface area (Å²) in [5, 5.41) is 3.74. The molecule has 0 saturated heterocycles. The van der Waals surface area contributed by atoms with E-state index in [4.69, 9.17) is 0 Å². The molecule has 0 aromatic heterocycles. The topological polar surface area (TPSA) is 15.3 Å². The lowest BCUT2D eigenvalue weighted by Crippen LogP contribution is -2.48. The van der Waals surface area contributed by atoms with Gasteiger partial charge in [0.2, 0.25) is 0 Å². The Labute approximate surface area is 128 Å². The van der Waals surface area contributed by atoms with Gasteiger partial charge in [-0.05, 0) is 50.6 Å². The van der Waals surface area contributed by atoms with Crippen LogP contribution >= 0.6 is 0 Å². The van der Waals surface area contributed by atoms with Gasteiger partial charge in [-0.15, -0.1) is 0 Å². The van der Waals surface area contributed by atoms with Gasteiger partial charge in [-0.25, -0.2) is 4.39 Å². The summed E-state index contributed by atoms with van der Waals surface area (Å²) in [5.41, 5.74) is 1.19. The SMILES string of the molecule is CCCNC1CCCCCC1N(C)Cc1ccc(F)cc1. The fraction of sp³-hybridized carbons (Fsp3) is 0.667. The largest absolute Gasteiger partial charge is 0.312 e. The number of nitrogens with zero attached hydrogens (tertiary/aromatic N) is 1. The molecule has 1 N–H and O–H groups in total. The second-order valence-corrected chi connectivity index (χ2v) is 6.31. The normalized spacial score (nSPS) is 23.2. The molecule has 1 aliphatic rings. The van der Waals surface area contributed by atoms with E-state index >= 15 is 0 Å². The first-order valence-electron chi connectivity index (χ1n) is 8.38. The van der Waals surface area contributed by atoms with Gasteiger partial charge in [0.15, 0.2) is 0 Å². The minimum absolute atomic E-state index is 0.154. The van der Waals surface area contributed by atoms with Crippen LogP contribution in [0.2, 0.25) is 0 Å². The highest BCUT2D eigenvalue weighted by Crippen LogP contribution is 2.23. The van der Waals surface area contributed by atoms with Crippen LogP contribution in [0.5, 0.6) is 0 Å². The van der Waals surface area contributed by atoms with Gasteiger partial charge in [-0.3, -0.25) is 4.90 Å². The van der Waals surface area contributed by atoms with Crippen molar-refractivity contribution < 1.29 is 4.39 Å². The quantitative estimate of drug-likeness (QED) is 0.798. The first kappa shape index (κ1) is 16.4. The summed E-state index contributed by atoms with van der Waals surface area (Å²) in [5.74, 6) is -0.154. The minimum Gasteiger partial charge on any atom is -0.312 e. The lowest BCUT2D eigenvalue weighted by atomic mass is 10.0. The molecular formula is C18H29FN2.